The Balaban J connectivity index is 1.68. The molecule has 1 fully saturated rings. The van der Waals surface area contributed by atoms with Gasteiger partial charge in [0.25, 0.3) is 5.91 Å². The number of halogens is 1. The monoisotopic (exact) mass is 361 g/mol. The Morgan fingerprint density at radius 3 is 2.85 bits per heavy atom. The van der Waals surface area contributed by atoms with Gasteiger partial charge in [-0.25, -0.2) is 14.4 Å². The molecule has 0 N–H and O–H groups in total. The van der Waals surface area contributed by atoms with Gasteiger partial charge in [-0.3, -0.25) is 9.69 Å². The second-order valence-corrected chi connectivity index (χ2v) is 6.95. The second kappa shape index (κ2) is 7.49. The number of amides is 1. The van der Waals surface area contributed by atoms with Crippen LogP contribution in [0.25, 0.3) is 0 Å². The Morgan fingerprint density at radius 2 is 2.19 bits per heavy atom. The highest BCUT2D eigenvalue weighted by Gasteiger charge is 2.34. The number of nitrogens with zero attached hydrogens (tertiary/aromatic N) is 5. The van der Waals surface area contributed by atoms with Crippen molar-refractivity contribution in [2.24, 2.45) is 0 Å². The maximum atomic E-state index is 14.0. The lowest BCUT2D eigenvalue weighted by Crippen LogP contribution is -2.41. The first-order chi connectivity index (χ1) is 12.3. The van der Waals surface area contributed by atoms with Gasteiger partial charge in [-0.05, 0) is 27.2 Å². The molecule has 0 spiro atoms. The van der Waals surface area contributed by atoms with Crippen LogP contribution in [0, 0.1) is 20.8 Å². The number of likely N-dealkylation sites (tertiary alicyclic amines) is 1. The lowest BCUT2D eigenvalue weighted by molar-refractivity contribution is 0.0744. The molecule has 0 saturated carbocycles. The zero-order valence-corrected chi connectivity index (χ0v) is 15.6. The molecule has 1 aliphatic rings. The van der Waals surface area contributed by atoms with E-state index in [2.05, 4.69) is 15.1 Å². The Hall–Kier alpha value is -2.35. The van der Waals surface area contributed by atoms with Crippen LogP contribution >= 0.6 is 0 Å². The van der Waals surface area contributed by atoms with E-state index >= 15 is 0 Å². The Bertz CT molecular complexity index is 794. The quantitative estimate of drug-likeness (QED) is 0.812. The van der Waals surface area contributed by atoms with Crippen molar-refractivity contribution < 1.29 is 13.7 Å². The fourth-order valence-corrected chi connectivity index (χ4v) is 3.39. The van der Waals surface area contributed by atoms with E-state index in [-0.39, 0.29) is 11.9 Å². The Kier molecular flexibility index (Phi) is 5.31. The van der Waals surface area contributed by atoms with Gasteiger partial charge in [0.1, 0.15) is 12.0 Å². The minimum atomic E-state index is -0.906. The standard InChI is InChI=1S/C18H24FN5O2/c1-11-5-16(26-22-11)10-24-8-14(19)6-15(24)9-23(4)18(25)17-7-20-13(3)21-12(17)2/h5,7,14-15H,6,8-10H2,1-4H3/t14-,15-/m0/s1. The summed E-state index contributed by atoms with van der Waals surface area (Å²) in [5.41, 5.74) is 1.93. The Labute approximate surface area is 152 Å². The lowest BCUT2D eigenvalue weighted by atomic mass is 10.1. The third-order valence-corrected chi connectivity index (χ3v) is 4.67. The maximum absolute atomic E-state index is 14.0. The molecule has 7 nitrogen and oxygen atoms in total. The maximum Gasteiger partial charge on any atom is 0.257 e. The number of hydrogen-bond donors (Lipinski definition) is 0. The molecule has 26 heavy (non-hydrogen) atoms. The molecule has 2 aromatic heterocycles. The van der Waals surface area contributed by atoms with Crippen molar-refractivity contribution in [2.75, 3.05) is 20.1 Å². The van der Waals surface area contributed by atoms with Gasteiger partial charge in [-0.2, -0.15) is 0 Å². The van der Waals surface area contributed by atoms with Gasteiger partial charge in [-0.15, -0.1) is 0 Å². The molecule has 0 aliphatic carbocycles. The first kappa shape index (κ1) is 18.4. The number of hydrogen-bond acceptors (Lipinski definition) is 6. The van der Waals surface area contributed by atoms with E-state index < -0.39 is 6.17 Å². The number of aromatic nitrogens is 3. The number of likely N-dealkylation sites (N-methyl/N-ethyl adjacent to an activating group) is 1. The van der Waals surface area contributed by atoms with Gasteiger partial charge in [0.15, 0.2) is 5.76 Å². The first-order valence-electron chi connectivity index (χ1n) is 8.69. The van der Waals surface area contributed by atoms with Crippen LogP contribution < -0.4 is 0 Å². The van der Waals surface area contributed by atoms with Crippen LogP contribution in [-0.2, 0) is 6.54 Å². The molecule has 1 amide bonds. The van der Waals surface area contributed by atoms with Gasteiger partial charge < -0.3 is 9.42 Å². The van der Waals surface area contributed by atoms with Crippen molar-refractivity contribution in [1.82, 2.24) is 24.9 Å². The summed E-state index contributed by atoms with van der Waals surface area (Å²) >= 11 is 0. The Morgan fingerprint density at radius 1 is 1.42 bits per heavy atom. The molecule has 3 rings (SSSR count). The highest BCUT2D eigenvalue weighted by atomic mass is 19.1. The van der Waals surface area contributed by atoms with Crippen LogP contribution in [0.3, 0.4) is 0 Å². The predicted molar refractivity (Wildman–Crippen MR) is 93.4 cm³/mol. The van der Waals surface area contributed by atoms with Crippen molar-refractivity contribution in [1.29, 1.82) is 0 Å². The molecular weight excluding hydrogens is 337 g/mol. The smallest absolute Gasteiger partial charge is 0.257 e. The molecule has 2 aromatic rings. The third-order valence-electron chi connectivity index (χ3n) is 4.67. The summed E-state index contributed by atoms with van der Waals surface area (Å²) in [6.45, 7) is 6.68. The molecule has 1 saturated heterocycles. The van der Waals surface area contributed by atoms with Gasteiger partial charge in [-0.1, -0.05) is 5.16 Å². The number of alkyl halides is 1. The fourth-order valence-electron chi connectivity index (χ4n) is 3.39. The molecule has 0 radical (unpaired) electrons. The molecule has 8 heteroatoms. The fraction of sp³-hybridized carbons (Fsp3) is 0.556. The molecule has 0 bridgehead atoms. The van der Waals surface area contributed by atoms with Crippen molar-refractivity contribution in [3.8, 4) is 0 Å². The van der Waals surface area contributed by atoms with Gasteiger partial charge in [0, 0.05) is 38.4 Å². The van der Waals surface area contributed by atoms with Gasteiger partial charge in [0.2, 0.25) is 0 Å². The van der Waals surface area contributed by atoms with Crippen molar-refractivity contribution in [3.05, 3.63) is 40.8 Å². The molecule has 0 unspecified atom stereocenters. The highest BCUT2D eigenvalue weighted by molar-refractivity contribution is 5.94. The predicted octanol–water partition coefficient (Wildman–Crippen LogP) is 2.07. The summed E-state index contributed by atoms with van der Waals surface area (Å²) in [6.07, 6.45) is 1.05. The summed E-state index contributed by atoms with van der Waals surface area (Å²) in [5, 5.41) is 3.87. The topological polar surface area (TPSA) is 75.4 Å². The zero-order valence-electron chi connectivity index (χ0n) is 15.6. The van der Waals surface area contributed by atoms with Crippen molar-refractivity contribution in [3.63, 3.8) is 0 Å². The number of carbonyl (C=O) groups excluding carboxylic acids is 1. The molecular formula is C18H24FN5O2. The molecule has 2 atom stereocenters. The third kappa shape index (κ3) is 4.07. The van der Waals surface area contributed by atoms with E-state index in [0.717, 1.165) is 5.69 Å². The summed E-state index contributed by atoms with van der Waals surface area (Å²) in [7, 11) is 1.73. The average molecular weight is 361 g/mol. The van der Waals surface area contributed by atoms with Crippen molar-refractivity contribution in [2.45, 2.75) is 46.0 Å². The van der Waals surface area contributed by atoms with Crippen LogP contribution in [0.5, 0.6) is 0 Å². The minimum absolute atomic E-state index is 0.0731. The van der Waals surface area contributed by atoms with Crippen molar-refractivity contribution >= 4 is 5.91 Å². The van der Waals surface area contributed by atoms with Crippen LogP contribution in [0.4, 0.5) is 4.39 Å². The molecule has 3 heterocycles. The summed E-state index contributed by atoms with van der Waals surface area (Å²) < 4.78 is 19.3. The largest absolute Gasteiger partial charge is 0.360 e. The van der Waals surface area contributed by atoms with Crippen LogP contribution in [0.15, 0.2) is 16.8 Å². The van der Waals surface area contributed by atoms with E-state index in [1.54, 1.807) is 32.0 Å². The SMILES string of the molecule is Cc1cc(CN2C[C@@H](F)C[C@H]2CN(C)C(=O)c2cnc(C)nc2C)on1. The number of rotatable bonds is 5. The van der Waals surface area contributed by atoms with Gasteiger partial charge in [0.05, 0.1) is 23.5 Å². The van der Waals surface area contributed by atoms with E-state index in [1.807, 2.05) is 17.9 Å². The normalized spacial score (nSPS) is 20.5. The van der Waals surface area contributed by atoms with E-state index in [1.165, 1.54) is 0 Å². The summed E-state index contributed by atoms with van der Waals surface area (Å²) in [4.78, 5) is 24.7. The van der Waals surface area contributed by atoms with Crippen LogP contribution in [-0.4, -0.2) is 63.2 Å². The van der Waals surface area contributed by atoms with Gasteiger partial charge >= 0.3 is 0 Å². The van der Waals surface area contributed by atoms with Crippen LogP contribution in [0.1, 0.15) is 39.8 Å². The lowest BCUT2D eigenvalue weighted by Gasteiger charge is -2.27. The van der Waals surface area contributed by atoms with E-state index in [0.29, 0.717) is 48.9 Å². The molecule has 1 aliphatic heterocycles. The first-order valence-corrected chi connectivity index (χ1v) is 8.69. The number of carbonyl (C=O) groups is 1. The zero-order chi connectivity index (χ0) is 18.8. The number of aryl methyl sites for hydroxylation is 3. The molecule has 0 aromatic carbocycles. The second-order valence-electron chi connectivity index (χ2n) is 6.95. The highest BCUT2D eigenvalue weighted by Crippen LogP contribution is 2.24. The summed E-state index contributed by atoms with van der Waals surface area (Å²) in [6, 6.07) is 1.78. The average Bonchev–Trinajstić information content (AvgIpc) is 3.12. The van der Waals surface area contributed by atoms with E-state index in [9.17, 15) is 9.18 Å². The summed E-state index contributed by atoms with van der Waals surface area (Å²) in [5.74, 6) is 1.19. The van der Waals surface area contributed by atoms with Crippen LogP contribution in [0.2, 0.25) is 0 Å². The molecule has 140 valence electrons. The van der Waals surface area contributed by atoms with E-state index in [4.69, 9.17) is 4.52 Å². The minimum Gasteiger partial charge on any atom is -0.360 e.